The highest BCUT2D eigenvalue weighted by molar-refractivity contribution is 6.31. The third-order valence-electron chi connectivity index (χ3n) is 7.76. The molecular weight excluding hydrogens is 446 g/mol. The van der Waals surface area contributed by atoms with Crippen molar-refractivity contribution >= 4 is 23.3 Å². The number of carbonyl (C=O) groups is 1. The van der Waals surface area contributed by atoms with E-state index >= 15 is 0 Å². The second-order valence-electron chi connectivity index (χ2n) is 10.0. The Balaban J connectivity index is 1.12. The summed E-state index contributed by atoms with van der Waals surface area (Å²) in [6, 6.07) is 6.16. The zero-order valence-electron chi connectivity index (χ0n) is 19.7. The number of alkyl halides is 2. The van der Waals surface area contributed by atoms with Crippen LogP contribution in [0.3, 0.4) is 0 Å². The smallest absolute Gasteiger partial charge is 0.317 e. The van der Waals surface area contributed by atoms with E-state index in [0.717, 1.165) is 69.0 Å². The Labute approximate surface area is 201 Å². The first-order chi connectivity index (χ1) is 15.8. The van der Waals surface area contributed by atoms with E-state index in [1.165, 1.54) is 12.1 Å². The molecule has 0 atom stereocenters. The molecule has 4 rings (SSSR count). The summed E-state index contributed by atoms with van der Waals surface area (Å²) in [5, 5.41) is 3.92. The second-order valence-corrected chi connectivity index (χ2v) is 10.4. The molecule has 0 aromatic heterocycles. The molecule has 1 aliphatic carbocycles. The number of halogens is 3. The molecule has 184 valence electrons. The quantitative estimate of drug-likeness (QED) is 0.630. The molecule has 1 N–H and O–H groups in total. The van der Waals surface area contributed by atoms with Crippen molar-refractivity contribution in [2.75, 3.05) is 50.7 Å². The lowest BCUT2D eigenvalue weighted by molar-refractivity contribution is -0.0471. The number of hydrogen-bond donors (Lipinski definition) is 1. The molecule has 8 heteroatoms. The number of likely N-dealkylation sites (tertiary alicyclic amines) is 1. The summed E-state index contributed by atoms with van der Waals surface area (Å²) in [5.41, 5.74) is 2.41. The topological polar surface area (TPSA) is 38.8 Å². The number of piperazine rings is 1. The minimum atomic E-state index is -2.62. The molecular formula is C25H37ClF2N4O. The fraction of sp³-hybridized carbons (Fsp3) is 0.720. The van der Waals surface area contributed by atoms with Gasteiger partial charge in [0.25, 0.3) is 5.92 Å². The number of benzene rings is 1. The van der Waals surface area contributed by atoms with Crippen molar-refractivity contribution < 1.29 is 13.6 Å². The summed E-state index contributed by atoms with van der Waals surface area (Å²) in [5.74, 6) is -1.91. The Morgan fingerprint density at radius 2 is 1.73 bits per heavy atom. The van der Waals surface area contributed by atoms with Gasteiger partial charge in [-0.15, -0.1) is 0 Å². The van der Waals surface area contributed by atoms with E-state index in [4.69, 9.17) is 11.6 Å². The minimum absolute atomic E-state index is 0.151. The van der Waals surface area contributed by atoms with Crippen LogP contribution < -0.4 is 10.2 Å². The lowest BCUT2D eigenvalue weighted by atomic mass is 9.84. The molecule has 5 nitrogen and oxygen atoms in total. The minimum Gasteiger partial charge on any atom is -0.369 e. The van der Waals surface area contributed by atoms with E-state index in [9.17, 15) is 13.6 Å². The van der Waals surface area contributed by atoms with Crippen molar-refractivity contribution in [1.29, 1.82) is 0 Å². The van der Waals surface area contributed by atoms with Crippen LogP contribution in [0.5, 0.6) is 0 Å². The molecule has 2 saturated heterocycles. The van der Waals surface area contributed by atoms with Gasteiger partial charge in [-0.2, -0.15) is 0 Å². The highest BCUT2D eigenvalue weighted by Gasteiger charge is 2.36. The molecule has 1 aromatic rings. The number of piperidine rings is 1. The van der Waals surface area contributed by atoms with Crippen molar-refractivity contribution in [3.63, 3.8) is 0 Å². The first-order valence-electron chi connectivity index (χ1n) is 12.5. The van der Waals surface area contributed by atoms with E-state index in [2.05, 4.69) is 28.1 Å². The molecule has 3 fully saturated rings. The summed E-state index contributed by atoms with van der Waals surface area (Å²) in [6.45, 7) is 7.74. The summed E-state index contributed by atoms with van der Waals surface area (Å²) >= 11 is 6.30. The maximum Gasteiger partial charge on any atom is 0.317 e. The maximum atomic E-state index is 13.3. The van der Waals surface area contributed by atoms with Crippen molar-refractivity contribution in [3.8, 4) is 0 Å². The van der Waals surface area contributed by atoms with Crippen LogP contribution in [0.1, 0.15) is 50.5 Å². The lowest BCUT2D eigenvalue weighted by Gasteiger charge is -2.38. The molecule has 3 aliphatic rings. The van der Waals surface area contributed by atoms with Crippen molar-refractivity contribution in [2.24, 2.45) is 5.92 Å². The van der Waals surface area contributed by atoms with Gasteiger partial charge in [0.15, 0.2) is 0 Å². The fourth-order valence-corrected chi connectivity index (χ4v) is 5.58. The van der Waals surface area contributed by atoms with E-state index in [1.807, 2.05) is 12.1 Å². The number of amides is 2. The van der Waals surface area contributed by atoms with E-state index in [1.54, 1.807) is 4.90 Å². The van der Waals surface area contributed by atoms with Crippen LogP contribution in [0.2, 0.25) is 5.02 Å². The number of nitrogens with one attached hydrogen (secondary N) is 1. The highest BCUT2D eigenvalue weighted by atomic mass is 35.5. The van der Waals surface area contributed by atoms with Gasteiger partial charge in [0.1, 0.15) is 0 Å². The molecule has 2 aliphatic heterocycles. The van der Waals surface area contributed by atoms with Crippen LogP contribution in [0.4, 0.5) is 19.3 Å². The lowest BCUT2D eigenvalue weighted by Crippen LogP contribution is -2.50. The van der Waals surface area contributed by atoms with Crippen molar-refractivity contribution in [1.82, 2.24) is 15.1 Å². The largest absolute Gasteiger partial charge is 0.369 e. The van der Waals surface area contributed by atoms with Crippen LogP contribution in [0.15, 0.2) is 18.2 Å². The normalized spacial score (nSPS) is 26.3. The van der Waals surface area contributed by atoms with Crippen LogP contribution in [0.25, 0.3) is 0 Å². The number of anilines is 1. The van der Waals surface area contributed by atoms with Crippen molar-refractivity contribution in [3.05, 3.63) is 28.8 Å². The van der Waals surface area contributed by atoms with Gasteiger partial charge in [-0.05, 0) is 69.2 Å². The predicted molar refractivity (Wildman–Crippen MR) is 129 cm³/mol. The number of hydrogen-bond acceptors (Lipinski definition) is 3. The van der Waals surface area contributed by atoms with E-state index < -0.39 is 5.92 Å². The first-order valence-corrected chi connectivity index (χ1v) is 12.8. The van der Waals surface area contributed by atoms with Crippen LogP contribution in [-0.2, 0) is 0 Å². The highest BCUT2D eigenvalue weighted by Crippen LogP contribution is 2.30. The molecule has 1 saturated carbocycles. The summed E-state index contributed by atoms with van der Waals surface area (Å²) < 4.78 is 26.6. The third kappa shape index (κ3) is 6.50. The van der Waals surface area contributed by atoms with Gasteiger partial charge in [-0.3, -0.25) is 4.90 Å². The molecule has 1 aromatic carbocycles. The molecule has 0 bridgehead atoms. The SMILES string of the molecule is Cc1c(Cl)cccc1N1CCN(CC[C@H]2CC[C@H](NC(=O)N3CCC(F)(F)CC3)CC2)CC1. The Morgan fingerprint density at radius 1 is 1.06 bits per heavy atom. The van der Waals surface area contributed by atoms with Crippen molar-refractivity contribution in [2.45, 2.75) is 63.8 Å². The van der Waals surface area contributed by atoms with Gasteiger partial charge in [-0.1, -0.05) is 17.7 Å². The zero-order chi connectivity index (χ0) is 23.4. The van der Waals surface area contributed by atoms with Gasteiger partial charge in [0.2, 0.25) is 0 Å². The molecule has 0 unspecified atom stereocenters. The standard InChI is InChI=1S/C25H37ClF2N4O/c1-19-22(26)3-2-4-23(19)31-17-15-30(16-18-31)12-9-20-5-7-21(8-6-20)29-24(33)32-13-10-25(27,28)11-14-32/h2-4,20-21H,5-18H2,1H3,(H,29,33)/t20-,21-. The Morgan fingerprint density at radius 3 is 2.39 bits per heavy atom. The first kappa shape index (κ1) is 24.5. The van der Waals surface area contributed by atoms with Gasteiger partial charge >= 0.3 is 6.03 Å². The molecule has 0 spiro atoms. The van der Waals surface area contributed by atoms with Gasteiger partial charge < -0.3 is 15.1 Å². The molecule has 2 heterocycles. The number of nitrogens with zero attached hydrogens (tertiary/aromatic N) is 3. The number of rotatable bonds is 5. The fourth-order valence-electron chi connectivity index (χ4n) is 5.41. The predicted octanol–water partition coefficient (Wildman–Crippen LogP) is 5.16. The van der Waals surface area contributed by atoms with Gasteiger partial charge in [-0.25, -0.2) is 13.6 Å². The zero-order valence-corrected chi connectivity index (χ0v) is 20.4. The monoisotopic (exact) mass is 482 g/mol. The van der Waals surface area contributed by atoms with Crippen LogP contribution >= 0.6 is 11.6 Å². The number of carbonyl (C=O) groups excluding carboxylic acids is 1. The number of urea groups is 1. The summed E-state index contributed by atoms with van der Waals surface area (Å²) in [6.07, 6.45) is 5.00. The van der Waals surface area contributed by atoms with Crippen LogP contribution in [0, 0.1) is 12.8 Å². The van der Waals surface area contributed by atoms with E-state index in [0.29, 0.717) is 5.92 Å². The molecule has 33 heavy (non-hydrogen) atoms. The Kier molecular flexibility index (Phi) is 8.00. The summed E-state index contributed by atoms with van der Waals surface area (Å²) in [7, 11) is 0. The third-order valence-corrected chi connectivity index (χ3v) is 8.17. The van der Waals surface area contributed by atoms with Gasteiger partial charge in [0.05, 0.1) is 0 Å². The Hall–Kier alpha value is -1.60. The second kappa shape index (κ2) is 10.8. The van der Waals surface area contributed by atoms with E-state index in [-0.39, 0.29) is 38.0 Å². The van der Waals surface area contributed by atoms with Gasteiger partial charge in [0, 0.05) is 68.9 Å². The molecule has 2 amide bonds. The Bertz CT molecular complexity index is 798. The average molecular weight is 483 g/mol. The maximum absolute atomic E-state index is 13.3. The average Bonchev–Trinajstić information content (AvgIpc) is 2.81. The summed E-state index contributed by atoms with van der Waals surface area (Å²) in [4.78, 5) is 19.0. The van der Waals surface area contributed by atoms with Crippen LogP contribution in [-0.4, -0.2) is 73.6 Å². The molecule has 0 radical (unpaired) electrons.